The molecule has 3 rings (SSSR count). The molecule has 0 heterocycles. The Labute approximate surface area is 172 Å². The van der Waals surface area contributed by atoms with Crippen molar-refractivity contribution in [2.24, 2.45) is 0 Å². The molecule has 1 N–H and O–H groups in total. The van der Waals surface area contributed by atoms with Crippen LogP contribution in [0.4, 0.5) is 10.1 Å². The Morgan fingerprint density at radius 1 is 0.931 bits per heavy atom. The Balaban J connectivity index is 1.81. The van der Waals surface area contributed by atoms with Crippen LogP contribution in [0.5, 0.6) is 0 Å². The molecule has 0 saturated heterocycles. The fraction of sp³-hybridized carbons (Fsp3) is 0.409. The van der Waals surface area contributed by atoms with Gasteiger partial charge in [0.2, 0.25) is 5.91 Å². The molecular weight excluding hydrogens is 391 g/mol. The molecule has 0 radical (unpaired) electrons. The van der Waals surface area contributed by atoms with E-state index in [-0.39, 0.29) is 29.1 Å². The van der Waals surface area contributed by atoms with Crippen LogP contribution in [0.3, 0.4) is 0 Å². The average molecular weight is 419 g/mol. The van der Waals surface area contributed by atoms with Gasteiger partial charge in [-0.3, -0.25) is 9.10 Å². The Morgan fingerprint density at radius 3 is 2.14 bits per heavy atom. The second-order valence-corrected chi connectivity index (χ2v) is 9.27. The summed E-state index contributed by atoms with van der Waals surface area (Å²) in [6.07, 6.45) is 7.51. The van der Waals surface area contributed by atoms with Gasteiger partial charge in [-0.05, 0) is 49.2 Å². The summed E-state index contributed by atoms with van der Waals surface area (Å²) in [4.78, 5) is 12.8. The predicted molar refractivity (Wildman–Crippen MR) is 112 cm³/mol. The lowest BCUT2D eigenvalue weighted by Gasteiger charge is -2.26. The third kappa shape index (κ3) is 5.79. The summed E-state index contributed by atoms with van der Waals surface area (Å²) >= 11 is 0. The van der Waals surface area contributed by atoms with E-state index in [0.29, 0.717) is 0 Å². The summed E-state index contributed by atoms with van der Waals surface area (Å²) in [6, 6.07) is 13.1. The van der Waals surface area contributed by atoms with Gasteiger partial charge < -0.3 is 5.32 Å². The van der Waals surface area contributed by atoms with Gasteiger partial charge in [-0.25, -0.2) is 12.8 Å². The van der Waals surface area contributed by atoms with Crippen LogP contribution in [0.25, 0.3) is 0 Å². The lowest BCUT2D eigenvalue weighted by Crippen LogP contribution is -2.44. The Bertz CT molecular complexity index is 893. The number of rotatable bonds is 6. The van der Waals surface area contributed by atoms with Crippen molar-refractivity contribution >= 4 is 21.6 Å². The van der Waals surface area contributed by atoms with Gasteiger partial charge in [-0.2, -0.15) is 0 Å². The smallest absolute Gasteiger partial charge is 0.264 e. The van der Waals surface area contributed by atoms with Crippen LogP contribution < -0.4 is 9.62 Å². The van der Waals surface area contributed by atoms with Gasteiger partial charge in [-0.15, -0.1) is 0 Å². The molecule has 0 atom stereocenters. The number of hydrogen-bond donors (Lipinski definition) is 1. The lowest BCUT2D eigenvalue weighted by molar-refractivity contribution is -0.120. The highest BCUT2D eigenvalue weighted by molar-refractivity contribution is 7.92. The number of sulfonamides is 1. The minimum atomic E-state index is -3.97. The first-order chi connectivity index (χ1) is 14.0. The molecule has 0 unspecified atom stereocenters. The van der Waals surface area contributed by atoms with E-state index in [1.54, 1.807) is 18.2 Å². The average Bonchev–Trinajstić information content (AvgIpc) is 2.69. The molecular formula is C22H27FN2O3S. The molecule has 7 heteroatoms. The zero-order chi connectivity index (χ0) is 20.7. The minimum absolute atomic E-state index is 0.0669. The first kappa shape index (κ1) is 21.3. The molecule has 0 aromatic heterocycles. The third-order valence-corrected chi connectivity index (χ3v) is 6.99. The van der Waals surface area contributed by atoms with Gasteiger partial charge in [0.25, 0.3) is 10.0 Å². The van der Waals surface area contributed by atoms with Crippen molar-refractivity contribution in [3.63, 3.8) is 0 Å². The van der Waals surface area contributed by atoms with E-state index in [1.807, 2.05) is 0 Å². The third-order valence-electron chi connectivity index (χ3n) is 5.20. The molecule has 0 spiro atoms. The number of amides is 1. The SMILES string of the molecule is O=C(CN(c1ccc(F)cc1)S(=O)(=O)c1ccccc1)NC1CCCCCCC1. The van der Waals surface area contributed by atoms with Crippen LogP contribution in [-0.2, 0) is 14.8 Å². The molecule has 1 aliphatic rings. The zero-order valence-corrected chi connectivity index (χ0v) is 17.2. The minimum Gasteiger partial charge on any atom is -0.352 e. The molecule has 156 valence electrons. The van der Waals surface area contributed by atoms with Crippen molar-refractivity contribution in [3.8, 4) is 0 Å². The number of halogens is 1. The maximum Gasteiger partial charge on any atom is 0.264 e. The second kappa shape index (κ2) is 9.87. The molecule has 29 heavy (non-hydrogen) atoms. The van der Waals surface area contributed by atoms with Crippen LogP contribution in [0.1, 0.15) is 44.9 Å². The summed E-state index contributed by atoms with van der Waals surface area (Å²) in [6.45, 7) is -0.348. The number of anilines is 1. The van der Waals surface area contributed by atoms with E-state index < -0.39 is 15.8 Å². The molecule has 1 aliphatic carbocycles. The Kier molecular flexibility index (Phi) is 7.25. The van der Waals surface area contributed by atoms with E-state index in [9.17, 15) is 17.6 Å². The van der Waals surface area contributed by atoms with E-state index >= 15 is 0 Å². The molecule has 1 fully saturated rings. The van der Waals surface area contributed by atoms with E-state index in [4.69, 9.17) is 0 Å². The summed E-state index contributed by atoms with van der Waals surface area (Å²) in [5.41, 5.74) is 0.253. The Morgan fingerprint density at radius 2 is 1.52 bits per heavy atom. The van der Waals surface area contributed by atoms with E-state index in [2.05, 4.69) is 5.32 Å². The van der Waals surface area contributed by atoms with Crippen molar-refractivity contribution in [1.29, 1.82) is 0 Å². The molecule has 2 aromatic rings. The fourth-order valence-corrected chi connectivity index (χ4v) is 5.09. The highest BCUT2D eigenvalue weighted by Crippen LogP contribution is 2.24. The van der Waals surface area contributed by atoms with Crippen molar-refractivity contribution < 1.29 is 17.6 Å². The maximum absolute atomic E-state index is 13.4. The number of hydrogen-bond acceptors (Lipinski definition) is 3. The highest BCUT2D eigenvalue weighted by Gasteiger charge is 2.28. The van der Waals surface area contributed by atoms with Crippen molar-refractivity contribution in [1.82, 2.24) is 5.32 Å². The summed E-state index contributed by atoms with van der Waals surface area (Å²) in [5.74, 6) is -0.816. The summed E-state index contributed by atoms with van der Waals surface area (Å²) in [5, 5.41) is 3.00. The fourth-order valence-electron chi connectivity index (χ4n) is 3.65. The predicted octanol–water partition coefficient (Wildman–Crippen LogP) is 4.25. The van der Waals surface area contributed by atoms with Crippen molar-refractivity contribution in [2.45, 2.75) is 55.9 Å². The van der Waals surface area contributed by atoms with E-state index in [1.165, 1.54) is 42.8 Å². The molecule has 5 nitrogen and oxygen atoms in total. The number of carbonyl (C=O) groups is 1. The molecule has 0 aliphatic heterocycles. The van der Waals surface area contributed by atoms with Gasteiger partial charge in [0.15, 0.2) is 0 Å². The first-order valence-corrected chi connectivity index (χ1v) is 11.5. The monoisotopic (exact) mass is 418 g/mol. The van der Waals surface area contributed by atoms with Crippen LogP contribution >= 0.6 is 0 Å². The topological polar surface area (TPSA) is 66.5 Å². The Hall–Kier alpha value is -2.41. The summed E-state index contributed by atoms with van der Waals surface area (Å²) < 4.78 is 40.8. The normalized spacial score (nSPS) is 15.9. The quantitative estimate of drug-likeness (QED) is 0.763. The molecule has 2 aromatic carbocycles. The lowest BCUT2D eigenvalue weighted by atomic mass is 9.97. The molecule has 1 saturated carbocycles. The largest absolute Gasteiger partial charge is 0.352 e. The van der Waals surface area contributed by atoms with E-state index in [0.717, 1.165) is 42.8 Å². The standard InChI is InChI=1S/C22H27FN2O3S/c23-18-13-15-20(16-14-18)25(29(27,28)21-11-7-4-8-12-21)17-22(26)24-19-9-5-2-1-3-6-10-19/h4,7-8,11-16,19H,1-3,5-6,9-10,17H2,(H,24,26). The van der Waals surface area contributed by atoms with Crippen molar-refractivity contribution in [2.75, 3.05) is 10.8 Å². The van der Waals surface area contributed by atoms with Gasteiger partial charge in [0, 0.05) is 6.04 Å². The van der Waals surface area contributed by atoms with Crippen LogP contribution in [-0.4, -0.2) is 26.9 Å². The molecule has 1 amide bonds. The zero-order valence-electron chi connectivity index (χ0n) is 16.4. The van der Waals surface area contributed by atoms with Gasteiger partial charge in [-0.1, -0.05) is 50.3 Å². The highest BCUT2D eigenvalue weighted by atomic mass is 32.2. The number of nitrogens with one attached hydrogen (secondary N) is 1. The van der Waals surface area contributed by atoms with Gasteiger partial charge in [0.05, 0.1) is 10.6 Å². The second-order valence-electron chi connectivity index (χ2n) is 7.41. The van der Waals surface area contributed by atoms with Crippen LogP contribution in [0.15, 0.2) is 59.5 Å². The van der Waals surface area contributed by atoms with Crippen molar-refractivity contribution in [3.05, 3.63) is 60.4 Å². The number of nitrogens with zero attached hydrogens (tertiary/aromatic N) is 1. The number of carbonyl (C=O) groups excluding carboxylic acids is 1. The van der Waals surface area contributed by atoms with Gasteiger partial charge >= 0.3 is 0 Å². The molecule has 0 bridgehead atoms. The van der Waals surface area contributed by atoms with Gasteiger partial charge in [0.1, 0.15) is 12.4 Å². The van der Waals surface area contributed by atoms with Crippen LogP contribution in [0.2, 0.25) is 0 Å². The maximum atomic E-state index is 13.4. The first-order valence-electron chi connectivity index (χ1n) is 10.1. The summed E-state index contributed by atoms with van der Waals surface area (Å²) in [7, 11) is -3.97. The van der Waals surface area contributed by atoms with Crippen LogP contribution in [0, 0.1) is 5.82 Å². The number of benzene rings is 2.